The highest BCUT2D eigenvalue weighted by atomic mass is 32.2. The third kappa shape index (κ3) is 3.72. The van der Waals surface area contributed by atoms with E-state index in [-0.39, 0.29) is 23.0 Å². The number of nitrogens with one attached hydrogen (secondary N) is 1. The lowest BCUT2D eigenvalue weighted by atomic mass is 10.1. The molecule has 0 radical (unpaired) electrons. The third-order valence-corrected chi connectivity index (χ3v) is 4.60. The number of carbonyl (C=O) groups excluding carboxylic acids is 1. The van der Waals surface area contributed by atoms with E-state index in [1.54, 1.807) is 0 Å². The number of hydrogen-bond acceptors (Lipinski definition) is 4. The third-order valence-electron chi connectivity index (χ3n) is 3.15. The van der Waals surface area contributed by atoms with Crippen molar-refractivity contribution in [3.8, 4) is 5.75 Å². The number of sulfonamides is 1. The van der Waals surface area contributed by atoms with Crippen LogP contribution in [-0.4, -0.2) is 21.2 Å². The minimum atomic E-state index is -3.66. The maximum absolute atomic E-state index is 12.0. The minimum Gasteiger partial charge on any atom is -0.487 e. The van der Waals surface area contributed by atoms with Crippen molar-refractivity contribution in [3.63, 3.8) is 0 Å². The summed E-state index contributed by atoms with van der Waals surface area (Å²) in [5.41, 5.74) is 1.31. The van der Waals surface area contributed by atoms with Crippen LogP contribution in [0.2, 0.25) is 0 Å². The zero-order chi connectivity index (χ0) is 16.2. The number of carbonyl (C=O) groups is 1. The quantitative estimate of drug-likeness (QED) is 0.830. The van der Waals surface area contributed by atoms with Gasteiger partial charge >= 0.3 is 0 Å². The van der Waals surface area contributed by atoms with Crippen LogP contribution in [0.4, 0.5) is 0 Å². The fourth-order valence-electron chi connectivity index (χ4n) is 1.91. The Morgan fingerprint density at radius 3 is 2.41 bits per heavy atom. The summed E-state index contributed by atoms with van der Waals surface area (Å²) in [6.45, 7) is 1.64. The van der Waals surface area contributed by atoms with Crippen LogP contribution in [-0.2, 0) is 16.6 Å². The highest BCUT2D eigenvalue weighted by Gasteiger charge is 2.19. The molecule has 5 nitrogen and oxygen atoms in total. The molecule has 0 heterocycles. The highest BCUT2D eigenvalue weighted by molar-refractivity contribution is 7.89. The van der Waals surface area contributed by atoms with Crippen LogP contribution >= 0.6 is 0 Å². The molecular formula is C16H17NO4S. The summed E-state index contributed by atoms with van der Waals surface area (Å²) in [6, 6.07) is 13.7. The fourth-order valence-corrected chi connectivity index (χ4v) is 2.76. The topological polar surface area (TPSA) is 72.5 Å². The van der Waals surface area contributed by atoms with Gasteiger partial charge < -0.3 is 4.74 Å². The Balaban J connectivity index is 2.37. The summed E-state index contributed by atoms with van der Waals surface area (Å²) in [5.74, 6) is 0.00358. The van der Waals surface area contributed by atoms with Crippen LogP contribution in [0, 0.1) is 0 Å². The SMILES string of the molecule is CNS(=O)(=O)c1ccc(C(C)=O)cc1OCc1ccccc1. The van der Waals surface area contributed by atoms with Crippen molar-refractivity contribution in [2.24, 2.45) is 0 Å². The van der Waals surface area contributed by atoms with E-state index in [1.807, 2.05) is 30.3 Å². The first-order chi connectivity index (χ1) is 10.4. The molecule has 2 rings (SSSR count). The Hall–Kier alpha value is -2.18. The number of hydrogen-bond donors (Lipinski definition) is 1. The largest absolute Gasteiger partial charge is 0.487 e. The van der Waals surface area contributed by atoms with E-state index in [9.17, 15) is 13.2 Å². The Morgan fingerprint density at radius 2 is 1.82 bits per heavy atom. The zero-order valence-corrected chi connectivity index (χ0v) is 13.2. The van der Waals surface area contributed by atoms with Gasteiger partial charge in [-0.2, -0.15) is 0 Å². The van der Waals surface area contributed by atoms with E-state index in [2.05, 4.69) is 4.72 Å². The Bertz CT molecular complexity index is 770. The van der Waals surface area contributed by atoms with Crippen molar-refractivity contribution in [1.29, 1.82) is 0 Å². The molecule has 0 aromatic heterocycles. The van der Waals surface area contributed by atoms with Gasteiger partial charge in [0, 0.05) is 5.56 Å². The molecule has 2 aromatic carbocycles. The molecule has 22 heavy (non-hydrogen) atoms. The lowest BCUT2D eigenvalue weighted by Crippen LogP contribution is -2.19. The highest BCUT2D eigenvalue weighted by Crippen LogP contribution is 2.26. The maximum Gasteiger partial charge on any atom is 0.243 e. The lowest BCUT2D eigenvalue weighted by molar-refractivity contribution is 0.101. The molecule has 0 aliphatic carbocycles. The van der Waals surface area contributed by atoms with Crippen molar-refractivity contribution in [2.45, 2.75) is 18.4 Å². The number of rotatable bonds is 6. The monoisotopic (exact) mass is 319 g/mol. The fraction of sp³-hybridized carbons (Fsp3) is 0.188. The molecule has 0 unspecified atom stereocenters. The molecule has 2 aromatic rings. The molecule has 116 valence electrons. The summed E-state index contributed by atoms with van der Waals surface area (Å²) >= 11 is 0. The zero-order valence-electron chi connectivity index (χ0n) is 12.4. The number of Topliss-reactive ketones (excluding diaryl/α,β-unsaturated/α-hetero) is 1. The summed E-state index contributed by atoms with van der Waals surface area (Å²) < 4.78 is 32.0. The van der Waals surface area contributed by atoms with Crippen molar-refractivity contribution in [3.05, 3.63) is 59.7 Å². The normalized spacial score (nSPS) is 11.2. The van der Waals surface area contributed by atoms with Gasteiger partial charge in [0.05, 0.1) is 0 Å². The average molecular weight is 319 g/mol. The molecule has 0 fully saturated rings. The standard InChI is InChI=1S/C16H17NO4S/c1-12(18)14-8-9-16(22(19,20)17-2)15(10-14)21-11-13-6-4-3-5-7-13/h3-10,17H,11H2,1-2H3. The van der Waals surface area contributed by atoms with Gasteiger partial charge in [-0.3, -0.25) is 4.79 Å². The molecule has 0 saturated heterocycles. The van der Waals surface area contributed by atoms with Gasteiger partial charge in [-0.25, -0.2) is 13.1 Å². The first kappa shape index (κ1) is 16.2. The van der Waals surface area contributed by atoms with Gasteiger partial charge in [-0.15, -0.1) is 0 Å². The van der Waals surface area contributed by atoms with E-state index >= 15 is 0 Å². The second-order valence-electron chi connectivity index (χ2n) is 4.70. The van der Waals surface area contributed by atoms with Crippen LogP contribution in [0.1, 0.15) is 22.8 Å². The van der Waals surface area contributed by atoms with Crippen LogP contribution < -0.4 is 9.46 Å². The van der Waals surface area contributed by atoms with Gasteiger partial charge in [0.1, 0.15) is 17.3 Å². The molecular weight excluding hydrogens is 302 g/mol. The van der Waals surface area contributed by atoms with Crippen molar-refractivity contribution in [2.75, 3.05) is 7.05 Å². The summed E-state index contributed by atoms with van der Waals surface area (Å²) in [6.07, 6.45) is 0. The predicted octanol–water partition coefficient (Wildman–Crippen LogP) is 2.38. The number of ketones is 1. The van der Waals surface area contributed by atoms with Gasteiger partial charge in [0.25, 0.3) is 0 Å². The first-order valence-corrected chi connectivity index (χ1v) is 8.17. The van der Waals surface area contributed by atoms with Crippen LogP contribution in [0.3, 0.4) is 0 Å². The molecule has 0 spiro atoms. The van der Waals surface area contributed by atoms with E-state index in [0.29, 0.717) is 5.56 Å². The summed E-state index contributed by atoms with van der Waals surface area (Å²) in [5, 5.41) is 0. The van der Waals surface area contributed by atoms with Crippen molar-refractivity contribution < 1.29 is 17.9 Å². The van der Waals surface area contributed by atoms with Crippen molar-refractivity contribution in [1.82, 2.24) is 4.72 Å². The van der Waals surface area contributed by atoms with E-state index < -0.39 is 10.0 Å². The van der Waals surface area contributed by atoms with E-state index in [1.165, 1.54) is 32.2 Å². The molecule has 0 aliphatic rings. The van der Waals surface area contributed by atoms with Gasteiger partial charge in [-0.1, -0.05) is 30.3 Å². The second kappa shape index (κ2) is 6.72. The molecule has 0 aliphatic heterocycles. The smallest absolute Gasteiger partial charge is 0.243 e. The predicted molar refractivity (Wildman–Crippen MR) is 83.5 cm³/mol. The number of benzene rings is 2. The maximum atomic E-state index is 12.0. The molecule has 0 saturated carbocycles. The summed E-state index contributed by atoms with van der Waals surface area (Å²) in [7, 11) is -2.33. The molecule has 0 amide bonds. The number of ether oxygens (including phenoxy) is 1. The lowest BCUT2D eigenvalue weighted by Gasteiger charge is -2.12. The van der Waals surface area contributed by atoms with Crippen LogP contribution in [0.5, 0.6) is 5.75 Å². The molecule has 6 heteroatoms. The first-order valence-electron chi connectivity index (χ1n) is 6.69. The average Bonchev–Trinajstić information content (AvgIpc) is 2.53. The Kier molecular flexibility index (Phi) is 4.95. The van der Waals surface area contributed by atoms with Crippen LogP contribution in [0.15, 0.2) is 53.4 Å². The van der Waals surface area contributed by atoms with Gasteiger partial charge in [0.15, 0.2) is 5.78 Å². The molecule has 0 atom stereocenters. The Morgan fingerprint density at radius 1 is 1.14 bits per heavy atom. The van der Waals surface area contributed by atoms with Gasteiger partial charge in [-0.05, 0) is 37.7 Å². The Labute approximate surface area is 130 Å². The van der Waals surface area contributed by atoms with Crippen LogP contribution in [0.25, 0.3) is 0 Å². The second-order valence-corrected chi connectivity index (χ2v) is 6.55. The van der Waals surface area contributed by atoms with Crippen molar-refractivity contribution >= 4 is 15.8 Å². The summed E-state index contributed by atoms with van der Waals surface area (Å²) in [4.78, 5) is 11.5. The van der Waals surface area contributed by atoms with E-state index in [0.717, 1.165) is 5.56 Å². The minimum absolute atomic E-state index is 0.0101. The van der Waals surface area contributed by atoms with E-state index in [4.69, 9.17) is 4.74 Å². The molecule has 0 bridgehead atoms. The molecule has 1 N–H and O–H groups in total. The van der Waals surface area contributed by atoms with Gasteiger partial charge in [0.2, 0.25) is 10.0 Å².